The number of hydrogen-bond donors (Lipinski definition) is 1. The topological polar surface area (TPSA) is 83.8 Å². The maximum Gasteiger partial charge on any atom is 0.319 e. The molecule has 2 aromatic carbocycles. The molecule has 48 heavy (non-hydrogen) atoms. The van der Waals surface area contributed by atoms with Gasteiger partial charge in [-0.2, -0.15) is 9.97 Å². The van der Waals surface area contributed by atoms with Gasteiger partial charge in [-0.15, -0.1) is 6.42 Å². The molecule has 0 unspecified atom stereocenters. The van der Waals surface area contributed by atoms with Crippen molar-refractivity contribution in [2.24, 2.45) is 16.7 Å². The Balaban J connectivity index is 1.21. The summed E-state index contributed by atoms with van der Waals surface area (Å²) in [6.45, 7) is 6.40. The zero-order valence-electron chi connectivity index (χ0n) is 27.4. The lowest BCUT2D eigenvalue weighted by Gasteiger charge is -2.33. The number of piperidine rings is 1. The van der Waals surface area contributed by atoms with Crippen LogP contribution in [0.25, 0.3) is 32.9 Å². The third kappa shape index (κ3) is 4.61. The number of fused-ring (bicyclic) bond motifs is 3. The van der Waals surface area contributed by atoms with Gasteiger partial charge in [0.1, 0.15) is 40.6 Å². The fourth-order valence-electron chi connectivity index (χ4n) is 9.27. The van der Waals surface area contributed by atoms with E-state index in [9.17, 15) is 9.50 Å². The van der Waals surface area contributed by atoms with Crippen molar-refractivity contribution in [2.45, 2.75) is 63.8 Å². The number of benzene rings is 2. The Hall–Kier alpha value is -4.23. The first kappa shape index (κ1) is 29.9. The summed E-state index contributed by atoms with van der Waals surface area (Å²) >= 11 is 0. The molecule has 2 saturated carbocycles. The minimum Gasteiger partial charge on any atom is -0.508 e. The number of nitrogens with zero attached hydrogens (tertiary/aromatic N) is 5. The molecule has 248 valence electrons. The van der Waals surface area contributed by atoms with Crippen LogP contribution in [-0.2, 0) is 0 Å². The molecule has 2 spiro atoms. The van der Waals surface area contributed by atoms with Crippen LogP contribution in [0.3, 0.4) is 0 Å². The number of anilines is 1. The maximum absolute atomic E-state index is 17.1. The second-order valence-electron chi connectivity index (χ2n) is 15.4. The monoisotopic (exact) mass is 651 g/mol. The van der Waals surface area contributed by atoms with Gasteiger partial charge in [-0.05, 0) is 91.7 Å². The summed E-state index contributed by atoms with van der Waals surface area (Å²) < 4.78 is 44.5. The first-order valence-corrected chi connectivity index (χ1v) is 17.1. The number of aromatic hydroxyl groups is 1. The first-order valence-electron chi connectivity index (χ1n) is 17.1. The van der Waals surface area contributed by atoms with E-state index in [-0.39, 0.29) is 50.9 Å². The zero-order valence-corrected chi connectivity index (χ0v) is 27.4. The van der Waals surface area contributed by atoms with Gasteiger partial charge in [0.2, 0.25) is 5.88 Å². The maximum atomic E-state index is 17.1. The third-order valence-corrected chi connectivity index (χ3v) is 11.8. The molecule has 9 rings (SSSR count). The lowest BCUT2D eigenvalue weighted by molar-refractivity contribution is 0.107. The SMILES string of the molecule is C#Cc1c(F)ccc2cc(O)cc(-c3nc(OC)c4c(N5CCC[C@@H](C)C5)nc(OCC56CC7(CC7)CN5CC5(CC5)C6)nc4c3F)c12. The number of aromatic nitrogens is 3. The molecule has 5 fully saturated rings. The van der Waals surface area contributed by atoms with E-state index < -0.39 is 11.6 Å². The highest BCUT2D eigenvalue weighted by atomic mass is 19.1. The molecule has 3 saturated heterocycles. The van der Waals surface area contributed by atoms with E-state index in [1.807, 2.05) is 0 Å². The average molecular weight is 652 g/mol. The van der Waals surface area contributed by atoms with E-state index >= 15 is 4.39 Å². The third-order valence-electron chi connectivity index (χ3n) is 11.8. The largest absolute Gasteiger partial charge is 0.508 e. The molecule has 2 aliphatic carbocycles. The van der Waals surface area contributed by atoms with Crippen molar-refractivity contribution in [3.63, 3.8) is 0 Å². The van der Waals surface area contributed by atoms with Crippen molar-refractivity contribution in [3.8, 4) is 41.2 Å². The van der Waals surface area contributed by atoms with Crippen molar-refractivity contribution in [1.82, 2.24) is 19.9 Å². The fraction of sp³-hybridized carbons (Fsp3) is 0.500. The molecular weight excluding hydrogens is 612 g/mol. The van der Waals surface area contributed by atoms with Crippen LogP contribution in [0.4, 0.5) is 14.6 Å². The minimum atomic E-state index is -0.751. The lowest BCUT2D eigenvalue weighted by Crippen LogP contribution is -2.43. The van der Waals surface area contributed by atoms with Gasteiger partial charge in [0.25, 0.3) is 0 Å². The Morgan fingerprint density at radius 3 is 2.46 bits per heavy atom. The molecule has 0 radical (unpaired) electrons. The summed E-state index contributed by atoms with van der Waals surface area (Å²) in [5.74, 6) is 1.96. The Morgan fingerprint density at radius 2 is 1.79 bits per heavy atom. The van der Waals surface area contributed by atoms with Crippen molar-refractivity contribution in [1.29, 1.82) is 0 Å². The summed E-state index contributed by atoms with van der Waals surface area (Å²) in [7, 11) is 1.47. The molecule has 5 heterocycles. The normalized spacial score (nSPS) is 23.1. The Morgan fingerprint density at radius 1 is 1.04 bits per heavy atom. The van der Waals surface area contributed by atoms with Gasteiger partial charge in [0.05, 0.1) is 18.2 Å². The second-order valence-corrected chi connectivity index (χ2v) is 15.4. The van der Waals surface area contributed by atoms with E-state index in [2.05, 4.69) is 27.6 Å². The molecule has 0 bridgehead atoms. The van der Waals surface area contributed by atoms with E-state index in [0.717, 1.165) is 51.9 Å². The Kier molecular flexibility index (Phi) is 6.46. The number of phenolic OH excluding ortho intramolecular Hbond substituents is 1. The summed E-state index contributed by atoms with van der Waals surface area (Å²) in [5, 5.41) is 11.7. The number of ether oxygens (including phenoxy) is 2. The summed E-state index contributed by atoms with van der Waals surface area (Å²) in [4.78, 5) is 19.1. The quantitative estimate of drug-likeness (QED) is 0.227. The van der Waals surface area contributed by atoms with Gasteiger partial charge in [-0.25, -0.2) is 13.8 Å². The number of hydrogen-bond acceptors (Lipinski definition) is 8. The van der Waals surface area contributed by atoms with Crippen molar-refractivity contribution >= 4 is 27.5 Å². The van der Waals surface area contributed by atoms with Crippen LogP contribution in [-0.4, -0.2) is 70.4 Å². The van der Waals surface area contributed by atoms with Gasteiger partial charge < -0.3 is 19.5 Å². The van der Waals surface area contributed by atoms with Crippen LogP contribution >= 0.6 is 0 Å². The number of halogens is 2. The van der Waals surface area contributed by atoms with E-state index in [0.29, 0.717) is 39.9 Å². The number of terminal acetylenes is 1. The highest BCUT2D eigenvalue weighted by molar-refractivity contribution is 6.04. The number of pyridine rings is 1. The minimum absolute atomic E-state index is 0.00486. The Bertz CT molecular complexity index is 2030. The van der Waals surface area contributed by atoms with Gasteiger partial charge >= 0.3 is 6.01 Å². The summed E-state index contributed by atoms with van der Waals surface area (Å²) in [6.07, 6.45) is 15.2. The van der Waals surface area contributed by atoms with E-state index in [1.165, 1.54) is 57.1 Å². The molecule has 1 atom stereocenters. The van der Waals surface area contributed by atoms with Gasteiger partial charge in [-0.1, -0.05) is 18.9 Å². The predicted molar refractivity (Wildman–Crippen MR) is 179 cm³/mol. The van der Waals surface area contributed by atoms with Crippen LogP contribution in [0.15, 0.2) is 24.3 Å². The smallest absolute Gasteiger partial charge is 0.319 e. The van der Waals surface area contributed by atoms with Gasteiger partial charge in [0.15, 0.2) is 5.82 Å². The number of phenols is 1. The molecule has 4 aromatic rings. The highest BCUT2D eigenvalue weighted by Crippen LogP contribution is 2.67. The van der Waals surface area contributed by atoms with E-state index in [4.69, 9.17) is 25.9 Å². The standard InChI is InChI=1S/C38H39F2N5O3/c1-4-25-27(39)8-7-23-14-24(46)15-26(28(23)25)31-30(40)32-29(34(41-31)47-3)33(44-13-5-6-22(2)16-44)43-35(42-32)48-21-38-17-36(9-10-36)19-45(38)20-37(18-38)11-12-37/h1,7-8,14-15,22,46H,5-6,9-13,16-21H2,2-3H3/t22-/m1/s1. The van der Waals surface area contributed by atoms with E-state index in [1.54, 1.807) is 0 Å². The van der Waals surface area contributed by atoms with Crippen molar-refractivity contribution in [2.75, 3.05) is 44.8 Å². The Labute approximate surface area is 278 Å². The highest BCUT2D eigenvalue weighted by Gasteiger charge is 2.67. The first-order chi connectivity index (χ1) is 23.1. The van der Waals surface area contributed by atoms with Gasteiger partial charge in [-0.3, -0.25) is 4.90 Å². The van der Waals surface area contributed by atoms with Crippen LogP contribution in [0, 0.1) is 40.7 Å². The molecule has 3 aliphatic heterocycles. The molecule has 1 N–H and O–H groups in total. The fourth-order valence-corrected chi connectivity index (χ4v) is 9.27. The van der Waals surface area contributed by atoms with Crippen molar-refractivity contribution in [3.05, 3.63) is 41.5 Å². The zero-order chi connectivity index (χ0) is 33.0. The molecular formula is C38H39F2N5O3. The summed E-state index contributed by atoms with van der Waals surface area (Å²) in [5.41, 5.74) is 0.708. The average Bonchev–Trinajstić information content (AvgIpc) is 3.96. The molecule has 5 aliphatic rings. The van der Waals surface area contributed by atoms with Gasteiger partial charge in [0, 0.05) is 37.1 Å². The molecule has 0 amide bonds. The molecule has 10 heteroatoms. The van der Waals surface area contributed by atoms with Crippen LogP contribution in [0.5, 0.6) is 17.6 Å². The predicted octanol–water partition coefficient (Wildman–Crippen LogP) is 6.84. The summed E-state index contributed by atoms with van der Waals surface area (Å²) in [6, 6.07) is 5.67. The molecule has 2 aromatic heterocycles. The second kappa shape index (κ2) is 10.4. The number of rotatable bonds is 6. The molecule has 8 nitrogen and oxygen atoms in total. The van der Waals surface area contributed by atoms with Crippen LogP contribution in [0.1, 0.15) is 63.9 Å². The van der Waals surface area contributed by atoms with Crippen molar-refractivity contribution < 1.29 is 23.4 Å². The van der Waals surface area contributed by atoms with Crippen LogP contribution < -0.4 is 14.4 Å². The lowest BCUT2D eigenvalue weighted by atomic mass is 9.85. The number of methoxy groups -OCH3 is 1. The van der Waals surface area contributed by atoms with Crippen LogP contribution in [0.2, 0.25) is 0 Å².